The molecule has 0 aliphatic rings. The van der Waals surface area contributed by atoms with Crippen molar-refractivity contribution in [3.05, 3.63) is 23.9 Å². The number of carbonyl (C=O) groups excluding carboxylic acids is 1. The first-order valence-corrected chi connectivity index (χ1v) is 6.74. The van der Waals surface area contributed by atoms with Crippen LogP contribution in [-0.4, -0.2) is 60.6 Å². The Balaban J connectivity index is 2.74. The van der Waals surface area contributed by atoms with Crippen molar-refractivity contribution in [3.8, 4) is 0 Å². The molecule has 0 saturated carbocycles. The molecule has 0 aromatic carbocycles. The molecule has 0 radical (unpaired) electrons. The molecule has 1 amide bonds. The maximum Gasteiger partial charge on any atom is 0.256 e. The van der Waals surface area contributed by atoms with Crippen molar-refractivity contribution in [2.75, 3.05) is 33.6 Å². The number of aromatic nitrogens is 1. The van der Waals surface area contributed by atoms with Gasteiger partial charge in [0.1, 0.15) is 5.03 Å². The summed E-state index contributed by atoms with van der Waals surface area (Å²) >= 11 is 1.42. The summed E-state index contributed by atoms with van der Waals surface area (Å²) < 4.78 is 4.83. The van der Waals surface area contributed by atoms with Crippen molar-refractivity contribution in [1.82, 2.24) is 9.88 Å². The lowest BCUT2D eigenvalue weighted by atomic mass is 10.2. The van der Waals surface area contributed by atoms with Gasteiger partial charge in [-0.3, -0.25) is 4.79 Å². The summed E-state index contributed by atoms with van der Waals surface area (Å²) in [4.78, 5) is 17.8. The summed E-state index contributed by atoms with van der Waals surface area (Å²) in [7, 11) is 3.16. The number of pyridine rings is 1. The third-order valence-electron chi connectivity index (χ3n) is 2.39. The Morgan fingerprint density at radius 3 is 3.00 bits per heavy atom. The maximum absolute atomic E-state index is 12.2. The van der Waals surface area contributed by atoms with Gasteiger partial charge in [0, 0.05) is 26.9 Å². The van der Waals surface area contributed by atoms with Crippen LogP contribution in [0.4, 0.5) is 0 Å². The van der Waals surface area contributed by atoms with Crippen LogP contribution in [0.25, 0.3) is 0 Å². The summed E-state index contributed by atoms with van der Waals surface area (Å²) in [5.41, 5.74) is 0.553. The van der Waals surface area contributed by atoms with Crippen LogP contribution < -0.4 is 0 Å². The van der Waals surface area contributed by atoms with Crippen LogP contribution >= 0.6 is 11.8 Å². The average Bonchev–Trinajstić information content (AvgIpc) is 2.38. The van der Waals surface area contributed by atoms with Crippen LogP contribution in [0.15, 0.2) is 23.4 Å². The number of hydrogen-bond acceptors (Lipinski definition) is 5. The Bertz CT molecular complexity index is 401. The van der Waals surface area contributed by atoms with E-state index < -0.39 is 6.10 Å². The van der Waals surface area contributed by atoms with Crippen molar-refractivity contribution in [1.29, 1.82) is 0 Å². The molecule has 1 N–H and O–H groups in total. The third kappa shape index (κ3) is 3.97. The zero-order chi connectivity index (χ0) is 13.5. The van der Waals surface area contributed by atoms with Crippen molar-refractivity contribution in [3.63, 3.8) is 0 Å². The number of likely N-dealkylation sites (N-methyl/N-ethyl adjacent to an activating group) is 1. The fourth-order valence-electron chi connectivity index (χ4n) is 1.57. The van der Waals surface area contributed by atoms with Gasteiger partial charge in [-0.2, -0.15) is 0 Å². The largest absolute Gasteiger partial charge is 0.389 e. The first-order chi connectivity index (χ1) is 8.60. The normalized spacial score (nSPS) is 12.2. The van der Waals surface area contributed by atoms with E-state index in [1.807, 2.05) is 6.26 Å². The van der Waals surface area contributed by atoms with Gasteiger partial charge in [0.05, 0.1) is 18.3 Å². The number of amides is 1. The highest BCUT2D eigenvalue weighted by atomic mass is 32.2. The Kier molecular flexibility index (Phi) is 6.11. The fourth-order valence-corrected chi connectivity index (χ4v) is 2.11. The van der Waals surface area contributed by atoms with E-state index in [0.29, 0.717) is 10.6 Å². The number of aliphatic hydroxyl groups is 1. The van der Waals surface area contributed by atoms with E-state index in [2.05, 4.69) is 4.98 Å². The third-order valence-corrected chi connectivity index (χ3v) is 3.10. The molecule has 0 aliphatic carbocycles. The molecular formula is C12H18N2O3S. The van der Waals surface area contributed by atoms with Gasteiger partial charge in [0.15, 0.2) is 0 Å². The smallest absolute Gasteiger partial charge is 0.256 e. The minimum absolute atomic E-state index is 0.150. The minimum atomic E-state index is -0.682. The highest BCUT2D eigenvalue weighted by Crippen LogP contribution is 2.18. The lowest BCUT2D eigenvalue weighted by Crippen LogP contribution is -2.36. The number of hydrogen-bond donors (Lipinski definition) is 1. The molecule has 1 heterocycles. The number of ether oxygens (including phenoxy) is 1. The average molecular weight is 270 g/mol. The van der Waals surface area contributed by atoms with Crippen molar-refractivity contribution < 1.29 is 14.6 Å². The fraction of sp³-hybridized carbons (Fsp3) is 0.500. The monoisotopic (exact) mass is 270 g/mol. The van der Waals surface area contributed by atoms with Crippen LogP contribution in [0.1, 0.15) is 10.4 Å². The van der Waals surface area contributed by atoms with E-state index in [9.17, 15) is 9.90 Å². The van der Waals surface area contributed by atoms with Crippen molar-refractivity contribution >= 4 is 17.7 Å². The molecule has 1 unspecified atom stereocenters. The van der Waals surface area contributed by atoms with Gasteiger partial charge in [0.25, 0.3) is 5.91 Å². The molecule has 0 aliphatic heterocycles. The Morgan fingerprint density at radius 2 is 2.39 bits per heavy atom. The van der Waals surface area contributed by atoms with Gasteiger partial charge in [-0.1, -0.05) is 0 Å². The summed E-state index contributed by atoms with van der Waals surface area (Å²) in [6, 6.07) is 3.47. The molecule has 6 heteroatoms. The number of thioether (sulfide) groups is 1. The van der Waals surface area contributed by atoms with Crippen LogP contribution in [0.2, 0.25) is 0 Å². The molecule has 1 atom stereocenters. The van der Waals surface area contributed by atoms with E-state index in [0.717, 1.165) is 0 Å². The molecule has 1 rings (SSSR count). The summed E-state index contributed by atoms with van der Waals surface area (Å²) in [6.45, 7) is 0.440. The first-order valence-electron chi connectivity index (χ1n) is 5.51. The molecule has 1 aromatic heterocycles. The lowest BCUT2D eigenvalue weighted by molar-refractivity contribution is 0.0378. The van der Waals surface area contributed by atoms with Gasteiger partial charge >= 0.3 is 0 Å². The molecule has 18 heavy (non-hydrogen) atoms. The number of carbonyl (C=O) groups is 1. The molecule has 100 valence electrons. The molecule has 1 aromatic rings. The zero-order valence-corrected chi connectivity index (χ0v) is 11.6. The van der Waals surface area contributed by atoms with Crippen LogP contribution in [0, 0.1) is 0 Å². The Morgan fingerprint density at radius 1 is 1.67 bits per heavy atom. The first kappa shape index (κ1) is 14.9. The van der Waals surface area contributed by atoms with Gasteiger partial charge in [-0.15, -0.1) is 11.8 Å². The molecule has 0 bridgehead atoms. The number of methoxy groups -OCH3 is 1. The molecular weight excluding hydrogens is 252 g/mol. The molecule has 0 spiro atoms. The lowest BCUT2D eigenvalue weighted by Gasteiger charge is -2.21. The highest BCUT2D eigenvalue weighted by molar-refractivity contribution is 7.98. The van der Waals surface area contributed by atoms with Gasteiger partial charge in [0.2, 0.25) is 0 Å². The predicted octanol–water partition coefficient (Wildman–Crippen LogP) is 0.883. The van der Waals surface area contributed by atoms with E-state index in [-0.39, 0.29) is 19.1 Å². The quantitative estimate of drug-likeness (QED) is 0.778. The van der Waals surface area contributed by atoms with Crippen LogP contribution in [0.5, 0.6) is 0 Å². The second kappa shape index (κ2) is 7.35. The SMILES string of the molecule is COCC(O)CN(C)C(=O)c1cccnc1SC. The van der Waals surface area contributed by atoms with Crippen LogP contribution in [-0.2, 0) is 4.74 Å². The summed E-state index contributed by atoms with van der Waals surface area (Å²) in [6.07, 6.45) is 2.85. The van der Waals surface area contributed by atoms with E-state index in [4.69, 9.17) is 4.74 Å². The highest BCUT2D eigenvalue weighted by Gasteiger charge is 2.18. The second-order valence-electron chi connectivity index (χ2n) is 3.86. The standard InChI is InChI=1S/C12H18N2O3S/c1-14(7-9(15)8-17-2)12(16)10-5-4-6-13-11(10)18-3/h4-6,9,15H,7-8H2,1-3H3. The molecule has 5 nitrogen and oxygen atoms in total. The second-order valence-corrected chi connectivity index (χ2v) is 4.65. The van der Waals surface area contributed by atoms with Crippen LogP contribution in [0.3, 0.4) is 0 Å². The van der Waals surface area contributed by atoms with E-state index >= 15 is 0 Å². The number of aliphatic hydroxyl groups excluding tert-OH is 1. The molecule has 0 fully saturated rings. The predicted molar refractivity (Wildman–Crippen MR) is 70.9 cm³/mol. The van der Waals surface area contributed by atoms with Crippen molar-refractivity contribution in [2.24, 2.45) is 0 Å². The topological polar surface area (TPSA) is 62.7 Å². The van der Waals surface area contributed by atoms with Gasteiger partial charge in [-0.25, -0.2) is 4.98 Å². The van der Waals surface area contributed by atoms with Gasteiger partial charge in [-0.05, 0) is 18.4 Å². The summed E-state index contributed by atoms with van der Waals surface area (Å²) in [5, 5.41) is 10.3. The zero-order valence-electron chi connectivity index (χ0n) is 10.8. The Hall–Kier alpha value is -1.11. The van der Waals surface area contributed by atoms with Gasteiger partial charge < -0.3 is 14.7 Å². The van der Waals surface area contributed by atoms with E-state index in [1.165, 1.54) is 23.8 Å². The maximum atomic E-state index is 12.2. The minimum Gasteiger partial charge on any atom is -0.389 e. The van der Waals surface area contributed by atoms with Crippen molar-refractivity contribution in [2.45, 2.75) is 11.1 Å². The number of nitrogens with zero attached hydrogens (tertiary/aromatic N) is 2. The Labute approximate surface area is 111 Å². The summed E-state index contributed by atoms with van der Waals surface area (Å²) in [5.74, 6) is -0.150. The molecule has 0 saturated heterocycles. The van der Waals surface area contributed by atoms with E-state index in [1.54, 1.807) is 25.4 Å². The number of rotatable bonds is 6.